The highest BCUT2D eigenvalue weighted by Gasteiger charge is 2.10. The Bertz CT molecular complexity index is 394. The van der Waals surface area contributed by atoms with E-state index in [-0.39, 0.29) is 11.2 Å². The van der Waals surface area contributed by atoms with E-state index in [0.717, 1.165) is 0 Å². The molecule has 16 heavy (non-hydrogen) atoms. The van der Waals surface area contributed by atoms with Gasteiger partial charge in [-0.1, -0.05) is 11.6 Å². The molecule has 0 aromatic carbocycles. The Morgan fingerprint density at radius 3 is 2.81 bits per heavy atom. The molecule has 1 heterocycles. The van der Waals surface area contributed by atoms with Crippen molar-refractivity contribution in [2.45, 2.75) is 12.2 Å². The van der Waals surface area contributed by atoms with Crippen molar-refractivity contribution in [1.29, 1.82) is 0 Å². The maximum absolute atomic E-state index is 11.6. The Morgan fingerprint density at radius 2 is 2.31 bits per heavy atom. The van der Waals surface area contributed by atoms with Crippen LogP contribution in [-0.2, 0) is 10.8 Å². The summed E-state index contributed by atoms with van der Waals surface area (Å²) in [5.74, 6) is -0.235. The fourth-order valence-electron chi connectivity index (χ4n) is 0.966. The van der Waals surface area contributed by atoms with E-state index < -0.39 is 10.8 Å². The van der Waals surface area contributed by atoms with E-state index in [1.807, 2.05) is 6.92 Å². The van der Waals surface area contributed by atoms with Crippen LogP contribution in [0.15, 0.2) is 18.3 Å². The van der Waals surface area contributed by atoms with Crippen molar-refractivity contribution in [3.63, 3.8) is 0 Å². The number of carbonyl (C=O) groups excluding carboxylic acids is 1. The zero-order valence-electron chi connectivity index (χ0n) is 9.07. The van der Waals surface area contributed by atoms with Crippen LogP contribution in [0.2, 0.25) is 5.15 Å². The van der Waals surface area contributed by atoms with E-state index in [4.69, 9.17) is 11.6 Å². The summed E-state index contributed by atoms with van der Waals surface area (Å²) >= 11 is 5.60. The first-order valence-electron chi connectivity index (χ1n) is 4.72. The lowest BCUT2D eigenvalue weighted by Gasteiger charge is -2.09. The van der Waals surface area contributed by atoms with Crippen LogP contribution >= 0.6 is 11.6 Å². The van der Waals surface area contributed by atoms with Gasteiger partial charge < -0.3 is 5.32 Å². The van der Waals surface area contributed by atoms with Gasteiger partial charge in [0.15, 0.2) is 0 Å². The standard InChI is InChI=1S/C10H13ClN2O2S/c1-7(16(2)15)5-13-10(14)8-3-4-9(11)12-6-8/h3-4,6-7H,5H2,1-2H3,(H,13,14). The topological polar surface area (TPSA) is 59.1 Å². The summed E-state index contributed by atoms with van der Waals surface area (Å²) in [6, 6.07) is 3.15. The quantitative estimate of drug-likeness (QED) is 0.829. The number of carbonyl (C=O) groups is 1. The zero-order chi connectivity index (χ0) is 12.1. The molecule has 1 amide bonds. The zero-order valence-corrected chi connectivity index (χ0v) is 10.6. The van der Waals surface area contributed by atoms with Crippen molar-refractivity contribution >= 4 is 28.3 Å². The molecular weight excluding hydrogens is 248 g/mol. The average Bonchev–Trinajstić information content (AvgIpc) is 2.26. The molecule has 2 atom stereocenters. The maximum atomic E-state index is 11.6. The first kappa shape index (κ1) is 13.1. The predicted molar refractivity (Wildman–Crippen MR) is 65.1 cm³/mol. The average molecular weight is 261 g/mol. The lowest BCUT2D eigenvalue weighted by atomic mass is 10.2. The number of amides is 1. The van der Waals surface area contributed by atoms with Crippen LogP contribution in [0, 0.1) is 0 Å². The molecule has 2 unspecified atom stereocenters. The van der Waals surface area contributed by atoms with Gasteiger partial charge in [0.2, 0.25) is 0 Å². The number of nitrogens with zero attached hydrogens (tertiary/aromatic N) is 1. The second-order valence-electron chi connectivity index (χ2n) is 3.39. The number of halogens is 1. The fraction of sp³-hybridized carbons (Fsp3) is 0.400. The van der Waals surface area contributed by atoms with Crippen LogP contribution in [0.25, 0.3) is 0 Å². The molecule has 0 spiro atoms. The maximum Gasteiger partial charge on any atom is 0.252 e. The Kier molecular flexibility index (Phi) is 4.89. The van der Waals surface area contributed by atoms with Crippen LogP contribution in [0.5, 0.6) is 0 Å². The first-order chi connectivity index (χ1) is 7.50. The minimum Gasteiger partial charge on any atom is -0.351 e. The Morgan fingerprint density at radius 1 is 1.62 bits per heavy atom. The number of hydrogen-bond acceptors (Lipinski definition) is 3. The van der Waals surface area contributed by atoms with E-state index in [1.54, 1.807) is 18.4 Å². The van der Waals surface area contributed by atoms with Crippen molar-refractivity contribution in [3.8, 4) is 0 Å². The molecule has 0 radical (unpaired) electrons. The molecule has 0 aliphatic carbocycles. The molecular formula is C10H13ClN2O2S. The Labute approximate surface area is 102 Å². The van der Waals surface area contributed by atoms with Crippen LogP contribution in [0.1, 0.15) is 17.3 Å². The Hall–Kier alpha value is -0.940. The summed E-state index contributed by atoms with van der Waals surface area (Å²) < 4.78 is 11.1. The third kappa shape index (κ3) is 3.90. The van der Waals surface area contributed by atoms with Crippen molar-refractivity contribution in [2.75, 3.05) is 12.8 Å². The predicted octanol–water partition coefficient (Wildman–Crippen LogP) is 1.23. The minimum absolute atomic E-state index is 0.0655. The van der Waals surface area contributed by atoms with E-state index in [1.165, 1.54) is 6.20 Å². The van der Waals surface area contributed by atoms with Gasteiger partial charge in [-0.3, -0.25) is 9.00 Å². The molecule has 88 valence electrons. The highest BCUT2D eigenvalue weighted by atomic mass is 35.5. The third-order valence-electron chi connectivity index (χ3n) is 2.11. The molecule has 1 rings (SSSR count). The van der Waals surface area contributed by atoms with Crippen molar-refractivity contribution in [3.05, 3.63) is 29.0 Å². The van der Waals surface area contributed by atoms with Crippen LogP contribution in [-0.4, -0.2) is 33.2 Å². The monoisotopic (exact) mass is 260 g/mol. The van der Waals surface area contributed by atoms with E-state index in [0.29, 0.717) is 17.3 Å². The van der Waals surface area contributed by atoms with Gasteiger partial charge in [-0.2, -0.15) is 0 Å². The highest BCUT2D eigenvalue weighted by molar-refractivity contribution is 7.84. The molecule has 0 saturated carbocycles. The number of nitrogens with one attached hydrogen (secondary N) is 1. The molecule has 0 aliphatic rings. The highest BCUT2D eigenvalue weighted by Crippen LogP contribution is 2.05. The summed E-state index contributed by atoms with van der Waals surface area (Å²) in [5, 5.41) is 2.97. The van der Waals surface area contributed by atoms with Gasteiger partial charge in [0.1, 0.15) is 5.15 Å². The number of aromatic nitrogens is 1. The third-order valence-corrected chi connectivity index (χ3v) is 3.63. The normalized spacial score (nSPS) is 14.2. The second-order valence-corrected chi connectivity index (χ2v) is 5.58. The molecule has 4 nitrogen and oxygen atoms in total. The summed E-state index contributed by atoms with van der Waals surface area (Å²) in [4.78, 5) is 15.4. The van der Waals surface area contributed by atoms with Gasteiger partial charge in [-0.15, -0.1) is 0 Å². The summed E-state index contributed by atoms with van der Waals surface area (Å²) in [6.07, 6.45) is 3.02. The number of pyridine rings is 1. The first-order valence-corrected chi connectivity index (χ1v) is 6.72. The number of rotatable bonds is 4. The lowest BCUT2D eigenvalue weighted by molar-refractivity contribution is 0.0953. The van der Waals surface area contributed by atoms with Crippen LogP contribution in [0.3, 0.4) is 0 Å². The summed E-state index contributed by atoms with van der Waals surface area (Å²) in [5.41, 5.74) is 0.443. The van der Waals surface area contributed by atoms with Crippen LogP contribution in [0.4, 0.5) is 0 Å². The van der Waals surface area contributed by atoms with Gasteiger partial charge in [0.25, 0.3) is 5.91 Å². The van der Waals surface area contributed by atoms with Gasteiger partial charge in [0.05, 0.1) is 5.56 Å². The summed E-state index contributed by atoms with van der Waals surface area (Å²) in [7, 11) is -0.938. The second kappa shape index (κ2) is 5.96. The molecule has 1 aromatic heterocycles. The molecule has 0 fully saturated rings. The van der Waals surface area contributed by atoms with Gasteiger partial charge in [-0.05, 0) is 19.1 Å². The van der Waals surface area contributed by atoms with Gasteiger partial charge in [-0.25, -0.2) is 4.98 Å². The van der Waals surface area contributed by atoms with Crippen molar-refractivity contribution in [1.82, 2.24) is 10.3 Å². The Balaban J connectivity index is 2.53. The van der Waals surface area contributed by atoms with Gasteiger partial charge >= 0.3 is 0 Å². The van der Waals surface area contributed by atoms with Crippen molar-refractivity contribution in [2.24, 2.45) is 0 Å². The molecule has 6 heteroatoms. The minimum atomic E-state index is -0.938. The molecule has 0 bridgehead atoms. The van der Waals surface area contributed by atoms with E-state index in [2.05, 4.69) is 10.3 Å². The number of hydrogen-bond donors (Lipinski definition) is 1. The largest absolute Gasteiger partial charge is 0.351 e. The van der Waals surface area contributed by atoms with Gasteiger partial charge in [0, 0.05) is 35.0 Å². The SMILES string of the molecule is CC(CNC(=O)c1ccc(Cl)nc1)S(C)=O. The van der Waals surface area contributed by atoms with Crippen molar-refractivity contribution < 1.29 is 9.00 Å². The van der Waals surface area contributed by atoms with E-state index >= 15 is 0 Å². The molecule has 1 N–H and O–H groups in total. The molecule has 1 aromatic rings. The fourth-order valence-corrected chi connectivity index (χ4v) is 1.40. The molecule has 0 saturated heterocycles. The summed E-state index contributed by atoms with van der Waals surface area (Å²) in [6.45, 7) is 2.20. The smallest absolute Gasteiger partial charge is 0.252 e. The van der Waals surface area contributed by atoms with E-state index in [9.17, 15) is 9.00 Å². The molecule has 0 aliphatic heterocycles. The lowest BCUT2D eigenvalue weighted by Crippen LogP contribution is -2.32. The van der Waals surface area contributed by atoms with Crippen LogP contribution < -0.4 is 5.32 Å².